The van der Waals surface area contributed by atoms with Crippen molar-refractivity contribution >= 4 is 0 Å². The normalized spacial score (nSPS) is 11.0. The highest BCUT2D eigenvalue weighted by Gasteiger charge is 2.15. The van der Waals surface area contributed by atoms with E-state index in [0.717, 1.165) is 30.7 Å². The molecule has 7 nitrogen and oxygen atoms in total. The first-order chi connectivity index (χ1) is 14.2. The molecule has 0 aliphatic rings. The fourth-order valence-corrected chi connectivity index (χ4v) is 3.04. The van der Waals surface area contributed by atoms with Crippen LogP contribution in [0.15, 0.2) is 62.5 Å². The first-order valence-corrected chi connectivity index (χ1v) is 9.40. The van der Waals surface area contributed by atoms with E-state index >= 15 is 0 Å². The second kappa shape index (κ2) is 8.68. The molecule has 0 aliphatic heterocycles. The molecule has 0 bridgehead atoms. The Kier molecular flexibility index (Phi) is 5.65. The Labute approximate surface area is 168 Å². The minimum Gasteiger partial charge on any atom is -0.493 e. The average molecular weight is 394 g/mol. The monoisotopic (exact) mass is 394 g/mol. The summed E-state index contributed by atoms with van der Waals surface area (Å²) in [4.78, 5) is 8.61. The Morgan fingerprint density at radius 3 is 2.79 bits per heavy atom. The number of aromatic nitrogens is 2. The number of hydrogen-bond acceptors (Lipinski definition) is 7. The number of oxazole rings is 2. The van der Waals surface area contributed by atoms with Gasteiger partial charge in [0.2, 0.25) is 0 Å². The van der Waals surface area contributed by atoms with Crippen LogP contribution < -0.4 is 9.47 Å². The molecule has 0 saturated carbocycles. The van der Waals surface area contributed by atoms with Crippen LogP contribution in [0.4, 0.5) is 0 Å². The Balaban J connectivity index is 1.38. The first-order valence-electron chi connectivity index (χ1n) is 9.40. The lowest BCUT2D eigenvalue weighted by Gasteiger charge is -2.11. The average Bonchev–Trinajstić information content (AvgIpc) is 3.49. The number of benzene rings is 1. The van der Waals surface area contributed by atoms with E-state index in [9.17, 15) is 0 Å². The molecule has 0 unspecified atom stereocenters. The molecule has 0 saturated heterocycles. The Hall–Kier alpha value is -3.48. The predicted octanol–water partition coefficient (Wildman–Crippen LogP) is 4.99. The zero-order chi connectivity index (χ0) is 20.1. The van der Waals surface area contributed by atoms with Crippen LogP contribution >= 0.6 is 0 Å². The number of methoxy groups -OCH3 is 1. The van der Waals surface area contributed by atoms with Crippen LogP contribution in [0.5, 0.6) is 11.5 Å². The summed E-state index contributed by atoms with van der Waals surface area (Å²) in [6.07, 6.45) is 7.49. The minimum absolute atomic E-state index is 0.276. The van der Waals surface area contributed by atoms with Crippen LogP contribution in [-0.4, -0.2) is 17.1 Å². The van der Waals surface area contributed by atoms with Crippen molar-refractivity contribution in [2.75, 3.05) is 7.11 Å². The number of nitrogens with zero attached hydrogens (tertiary/aromatic N) is 2. The molecule has 0 aliphatic carbocycles. The third-order valence-corrected chi connectivity index (χ3v) is 4.60. The van der Waals surface area contributed by atoms with Gasteiger partial charge < -0.3 is 22.7 Å². The molecule has 1 aromatic carbocycles. The molecule has 0 radical (unpaired) electrons. The SMILES string of the molecule is COc1cc(CCCc2cocn2)ccc1OCc1nc(-c2ccco2)oc1C. The van der Waals surface area contributed by atoms with Gasteiger partial charge in [0.25, 0.3) is 5.89 Å². The zero-order valence-corrected chi connectivity index (χ0v) is 16.4. The molecule has 150 valence electrons. The van der Waals surface area contributed by atoms with E-state index in [0.29, 0.717) is 28.9 Å². The summed E-state index contributed by atoms with van der Waals surface area (Å²) in [6, 6.07) is 9.57. The standard InChI is InChI=1S/C22H22N2O5/c1-15-18(24-22(29-15)20-7-4-10-27-20)13-28-19-9-8-16(11-21(19)25-2)5-3-6-17-12-26-14-23-17/h4,7-12,14H,3,5-6,13H2,1-2H3. The summed E-state index contributed by atoms with van der Waals surface area (Å²) in [5.74, 6) is 3.08. The van der Waals surface area contributed by atoms with Crippen molar-refractivity contribution in [3.63, 3.8) is 0 Å². The van der Waals surface area contributed by atoms with Gasteiger partial charge in [-0.05, 0) is 56.0 Å². The van der Waals surface area contributed by atoms with E-state index in [1.165, 1.54) is 12.0 Å². The van der Waals surface area contributed by atoms with Gasteiger partial charge in [0.05, 0.1) is 19.1 Å². The quantitative estimate of drug-likeness (QED) is 0.395. The summed E-state index contributed by atoms with van der Waals surface area (Å²) in [7, 11) is 1.64. The van der Waals surface area contributed by atoms with Gasteiger partial charge in [0.1, 0.15) is 24.3 Å². The lowest BCUT2D eigenvalue weighted by molar-refractivity contribution is 0.279. The van der Waals surface area contributed by atoms with Gasteiger partial charge >= 0.3 is 0 Å². The number of rotatable bonds is 9. The molecular weight excluding hydrogens is 372 g/mol. The first kappa shape index (κ1) is 18.9. The fraction of sp³-hybridized carbons (Fsp3) is 0.273. The Morgan fingerprint density at radius 1 is 1.10 bits per heavy atom. The number of aryl methyl sites for hydroxylation is 3. The summed E-state index contributed by atoms with van der Waals surface area (Å²) in [5.41, 5.74) is 2.86. The molecule has 3 aromatic heterocycles. The lowest BCUT2D eigenvalue weighted by Crippen LogP contribution is -2.00. The number of furan rings is 1. The third kappa shape index (κ3) is 4.51. The Bertz CT molecular complexity index is 1040. The summed E-state index contributed by atoms with van der Waals surface area (Å²) in [6.45, 7) is 2.13. The van der Waals surface area contributed by atoms with Crippen molar-refractivity contribution in [2.24, 2.45) is 0 Å². The smallest absolute Gasteiger partial charge is 0.263 e. The van der Waals surface area contributed by atoms with Crippen LogP contribution in [0.3, 0.4) is 0 Å². The minimum atomic E-state index is 0.276. The van der Waals surface area contributed by atoms with E-state index in [1.54, 1.807) is 31.8 Å². The number of hydrogen-bond donors (Lipinski definition) is 0. The third-order valence-electron chi connectivity index (χ3n) is 4.60. The maximum Gasteiger partial charge on any atom is 0.263 e. The van der Waals surface area contributed by atoms with E-state index in [-0.39, 0.29) is 6.61 Å². The maximum absolute atomic E-state index is 5.94. The van der Waals surface area contributed by atoms with Crippen molar-refractivity contribution in [1.29, 1.82) is 0 Å². The molecule has 0 fully saturated rings. The van der Waals surface area contributed by atoms with E-state index in [1.807, 2.05) is 25.1 Å². The molecule has 0 amide bonds. The van der Waals surface area contributed by atoms with Crippen molar-refractivity contribution < 1.29 is 22.7 Å². The van der Waals surface area contributed by atoms with E-state index < -0.39 is 0 Å². The van der Waals surface area contributed by atoms with Gasteiger partial charge in [-0.15, -0.1) is 0 Å². The highest BCUT2D eigenvalue weighted by Crippen LogP contribution is 2.30. The second-order valence-electron chi connectivity index (χ2n) is 6.61. The van der Waals surface area contributed by atoms with E-state index in [2.05, 4.69) is 9.97 Å². The van der Waals surface area contributed by atoms with Gasteiger partial charge in [-0.25, -0.2) is 9.97 Å². The maximum atomic E-state index is 5.94. The molecule has 4 rings (SSSR count). The van der Waals surface area contributed by atoms with Gasteiger partial charge in [0.15, 0.2) is 23.7 Å². The predicted molar refractivity (Wildman–Crippen MR) is 105 cm³/mol. The van der Waals surface area contributed by atoms with Gasteiger partial charge in [0, 0.05) is 0 Å². The molecule has 4 aromatic rings. The van der Waals surface area contributed by atoms with Gasteiger partial charge in [-0.2, -0.15) is 0 Å². The van der Waals surface area contributed by atoms with Gasteiger partial charge in [-0.1, -0.05) is 6.07 Å². The highest BCUT2D eigenvalue weighted by molar-refractivity contribution is 5.45. The van der Waals surface area contributed by atoms with Crippen LogP contribution in [0.2, 0.25) is 0 Å². The molecular formula is C22H22N2O5. The molecule has 0 N–H and O–H groups in total. The molecule has 3 heterocycles. The lowest BCUT2D eigenvalue weighted by atomic mass is 10.1. The summed E-state index contributed by atoms with van der Waals surface area (Å²) < 4.78 is 27.5. The zero-order valence-electron chi connectivity index (χ0n) is 16.4. The summed E-state index contributed by atoms with van der Waals surface area (Å²) >= 11 is 0. The number of ether oxygens (including phenoxy) is 2. The molecule has 0 spiro atoms. The van der Waals surface area contributed by atoms with Crippen molar-refractivity contribution in [3.05, 3.63) is 72.0 Å². The fourth-order valence-electron chi connectivity index (χ4n) is 3.04. The summed E-state index contributed by atoms with van der Waals surface area (Å²) in [5, 5.41) is 0. The second-order valence-corrected chi connectivity index (χ2v) is 6.61. The molecule has 0 atom stereocenters. The van der Waals surface area contributed by atoms with Crippen molar-refractivity contribution in [1.82, 2.24) is 9.97 Å². The molecule has 29 heavy (non-hydrogen) atoms. The van der Waals surface area contributed by atoms with E-state index in [4.69, 9.17) is 22.7 Å². The topological polar surface area (TPSA) is 83.7 Å². The van der Waals surface area contributed by atoms with Crippen LogP contribution in [0, 0.1) is 6.92 Å². The van der Waals surface area contributed by atoms with Crippen LogP contribution in [0.1, 0.15) is 29.1 Å². The largest absolute Gasteiger partial charge is 0.493 e. The van der Waals surface area contributed by atoms with Crippen molar-refractivity contribution in [2.45, 2.75) is 32.8 Å². The highest BCUT2D eigenvalue weighted by atomic mass is 16.5. The van der Waals surface area contributed by atoms with Gasteiger partial charge in [-0.3, -0.25) is 0 Å². The van der Waals surface area contributed by atoms with Crippen LogP contribution in [-0.2, 0) is 19.4 Å². The van der Waals surface area contributed by atoms with Crippen LogP contribution in [0.25, 0.3) is 11.7 Å². The Morgan fingerprint density at radius 2 is 2.03 bits per heavy atom. The molecule has 7 heteroatoms. The van der Waals surface area contributed by atoms with Crippen molar-refractivity contribution in [3.8, 4) is 23.1 Å².